The number of aliphatic hydroxyl groups excluding tert-OH is 1. The van der Waals surface area contributed by atoms with E-state index >= 15 is 0 Å². The fourth-order valence-electron chi connectivity index (χ4n) is 6.84. The quantitative estimate of drug-likeness (QED) is 0.714. The van der Waals surface area contributed by atoms with Crippen LogP contribution in [-0.2, 0) is 6.61 Å². The van der Waals surface area contributed by atoms with E-state index in [1.165, 1.54) is 0 Å². The van der Waals surface area contributed by atoms with Crippen LogP contribution in [0.3, 0.4) is 0 Å². The van der Waals surface area contributed by atoms with Gasteiger partial charge in [-0.25, -0.2) is 0 Å². The minimum absolute atomic E-state index is 0.0353. The molecule has 1 aromatic heterocycles. The maximum atomic E-state index is 13.8. The summed E-state index contributed by atoms with van der Waals surface area (Å²) in [4.78, 5) is 15.8. The number of Topliss-reactive ketones (excluding diaryl/α,β-unsaturated/α-hetero) is 1. The molecule has 1 heterocycles. The fourth-order valence-corrected chi connectivity index (χ4v) is 6.84. The number of carbonyl (C=O) groups is 1. The standard InChI is InChI=1S/C26H28N2O4/c1-13-15-9-10-16(13)19-17(15)11-18-20(23(19)29)24(30)21-25(22(18)28(2)3)32-27-26(21)31-12-14-7-5-4-6-8-14/h4-10,13,15-19,22,29H,11-12H2,1-3H3/t13?,15-,16+,17-,18+,19+,22+/m0/s1. The van der Waals surface area contributed by atoms with E-state index in [0.29, 0.717) is 47.2 Å². The number of carbonyl (C=O) groups excluding carboxylic acids is 1. The van der Waals surface area contributed by atoms with E-state index in [0.717, 1.165) is 12.0 Å². The van der Waals surface area contributed by atoms with Crippen LogP contribution in [0.25, 0.3) is 0 Å². The lowest BCUT2D eigenvalue weighted by molar-refractivity contribution is 0.0821. The van der Waals surface area contributed by atoms with Crippen LogP contribution in [0, 0.1) is 35.5 Å². The van der Waals surface area contributed by atoms with Crippen LogP contribution in [-0.4, -0.2) is 35.0 Å². The van der Waals surface area contributed by atoms with Gasteiger partial charge < -0.3 is 14.4 Å². The van der Waals surface area contributed by atoms with Crippen molar-refractivity contribution in [3.8, 4) is 5.88 Å². The third kappa shape index (κ3) is 2.62. The molecule has 1 fully saturated rings. The SMILES string of the molecule is CC1[C@H]2C=C[C@@H]1[C@@H]1C[C@@H]3C(=C(O)[C@@H]12)C(=O)c1c(OCc2ccccc2)noc1[C@@H]3N(C)C. The van der Waals surface area contributed by atoms with Crippen LogP contribution in [0.15, 0.2) is 58.3 Å². The van der Waals surface area contributed by atoms with E-state index in [9.17, 15) is 9.90 Å². The van der Waals surface area contributed by atoms with Gasteiger partial charge in [0.2, 0.25) is 5.78 Å². The summed E-state index contributed by atoms with van der Waals surface area (Å²) in [6.07, 6.45) is 5.43. The summed E-state index contributed by atoms with van der Waals surface area (Å²) in [7, 11) is 3.97. The predicted molar refractivity (Wildman–Crippen MR) is 118 cm³/mol. The first-order valence-corrected chi connectivity index (χ1v) is 11.5. The summed E-state index contributed by atoms with van der Waals surface area (Å²) < 4.78 is 11.7. The van der Waals surface area contributed by atoms with Gasteiger partial charge in [0, 0.05) is 17.4 Å². The largest absolute Gasteiger partial charge is 0.512 e. The Labute approximate surface area is 187 Å². The molecule has 0 aliphatic heterocycles. The summed E-state index contributed by atoms with van der Waals surface area (Å²) in [6, 6.07) is 9.60. The molecule has 6 heteroatoms. The highest BCUT2D eigenvalue weighted by Crippen LogP contribution is 2.62. The van der Waals surface area contributed by atoms with Gasteiger partial charge in [0.15, 0.2) is 5.76 Å². The molecule has 1 unspecified atom stereocenters. The maximum absolute atomic E-state index is 13.8. The molecule has 0 radical (unpaired) electrons. The zero-order valence-corrected chi connectivity index (χ0v) is 18.6. The van der Waals surface area contributed by atoms with Gasteiger partial charge in [-0.15, -0.1) is 0 Å². The van der Waals surface area contributed by atoms with Crippen molar-refractivity contribution in [2.75, 3.05) is 14.1 Å². The second-order valence-corrected chi connectivity index (χ2v) is 9.97. The minimum atomic E-state index is -0.192. The second kappa shape index (κ2) is 7.07. The average Bonchev–Trinajstić information content (AvgIpc) is 3.44. The first kappa shape index (κ1) is 19.8. The molecule has 32 heavy (non-hydrogen) atoms. The molecule has 6 rings (SSSR count). The van der Waals surface area contributed by atoms with Crippen molar-refractivity contribution in [1.29, 1.82) is 0 Å². The van der Waals surface area contributed by atoms with Crippen molar-refractivity contribution in [3.05, 3.63) is 70.7 Å². The van der Waals surface area contributed by atoms with Crippen molar-refractivity contribution in [1.82, 2.24) is 10.1 Å². The molecular weight excluding hydrogens is 404 g/mol. The second-order valence-electron chi connectivity index (χ2n) is 9.97. The smallest absolute Gasteiger partial charge is 0.266 e. The maximum Gasteiger partial charge on any atom is 0.266 e. The Bertz CT molecular complexity index is 1130. The zero-order valence-electron chi connectivity index (χ0n) is 18.6. The minimum Gasteiger partial charge on any atom is -0.512 e. The highest BCUT2D eigenvalue weighted by molar-refractivity contribution is 6.13. The number of hydrogen-bond donors (Lipinski definition) is 1. The summed E-state index contributed by atoms with van der Waals surface area (Å²) in [5.41, 5.74) is 1.89. The Hall–Kier alpha value is -2.86. The van der Waals surface area contributed by atoms with Crippen molar-refractivity contribution in [2.45, 2.75) is 26.0 Å². The highest BCUT2D eigenvalue weighted by atomic mass is 16.5. The fraction of sp³-hybridized carbons (Fsp3) is 0.462. The van der Waals surface area contributed by atoms with Gasteiger partial charge in [-0.2, -0.15) is 0 Å². The lowest BCUT2D eigenvalue weighted by Gasteiger charge is -2.43. The number of aliphatic hydroxyl groups is 1. The molecule has 6 nitrogen and oxygen atoms in total. The number of ether oxygens (including phenoxy) is 1. The van der Waals surface area contributed by atoms with Gasteiger partial charge in [0.05, 0.1) is 6.04 Å². The number of nitrogens with zero attached hydrogens (tertiary/aromatic N) is 2. The number of aromatic nitrogens is 1. The van der Waals surface area contributed by atoms with Gasteiger partial charge in [-0.3, -0.25) is 9.69 Å². The van der Waals surface area contributed by atoms with Crippen LogP contribution in [0.1, 0.15) is 41.1 Å². The molecule has 1 aromatic carbocycles. The summed E-state index contributed by atoms with van der Waals surface area (Å²) in [6.45, 7) is 2.56. The van der Waals surface area contributed by atoms with E-state index in [-0.39, 0.29) is 35.3 Å². The Balaban J connectivity index is 1.41. The molecule has 0 amide bonds. The van der Waals surface area contributed by atoms with E-state index in [4.69, 9.17) is 9.26 Å². The van der Waals surface area contributed by atoms with Crippen LogP contribution < -0.4 is 4.74 Å². The van der Waals surface area contributed by atoms with E-state index in [1.807, 2.05) is 44.4 Å². The summed E-state index contributed by atoms with van der Waals surface area (Å²) in [5.74, 6) is 2.42. The van der Waals surface area contributed by atoms with E-state index in [2.05, 4.69) is 29.1 Å². The number of fused-ring (bicyclic) bond motifs is 7. The van der Waals surface area contributed by atoms with Gasteiger partial charge in [-0.1, -0.05) is 49.4 Å². The zero-order chi connectivity index (χ0) is 22.1. The van der Waals surface area contributed by atoms with E-state index in [1.54, 1.807) is 0 Å². The molecule has 166 valence electrons. The Kier molecular flexibility index (Phi) is 4.37. The van der Waals surface area contributed by atoms with E-state index < -0.39 is 0 Å². The lowest BCUT2D eigenvalue weighted by Crippen LogP contribution is -2.42. The molecule has 0 spiro atoms. The average molecular weight is 433 g/mol. The number of rotatable bonds is 4. The topological polar surface area (TPSA) is 75.8 Å². The Morgan fingerprint density at radius 2 is 1.94 bits per heavy atom. The normalized spacial score (nSPS) is 34.6. The molecule has 4 aliphatic carbocycles. The molecule has 7 atom stereocenters. The third-order valence-electron chi connectivity index (χ3n) is 8.21. The number of ketones is 1. The first-order valence-electron chi connectivity index (χ1n) is 11.5. The van der Waals surface area contributed by atoms with Crippen molar-refractivity contribution in [3.63, 3.8) is 0 Å². The molecular formula is C26H28N2O4. The lowest BCUT2D eigenvalue weighted by atomic mass is 9.63. The van der Waals surface area contributed by atoms with Gasteiger partial charge in [0.1, 0.15) is 17.9 Å². The van der Waals surface area contributed by atoms with Crippen molar-refractivity contribution in [2.24, 2.45) is 35.5 Å². The first-order chi connectivity index (χ1) is 15.5. The number of benzene rings is 1. The third-order valence-corrected chi connectivity index (χ3v) is 8.21. The molecule has 1 N–H and O–H groups in total. The van der Waals surface area contributed by atoms with Crippen molar-refractivity contribution < 1.29 is 19.2 Å². The molecule has 2 bridgehead atoms. The summed E-state index contributed by atoms with van der Waals surface area (Å²) >= 11 is 0. The molecule has 1 saturated carbocycles. The van der Waals surface area contributed by atoms with Crippen molar-refractivity contribution >= 4 is 5.78 Å². The molecule has 0 saturated heterocycles. The van der Waals surface area contributed by atoms with Gasteiger partial charge in [-0.05, 0) is 54.9 Å². The summed E-state index contributed by atoms with van der Waals surface area (Å²) in [5, 5.41) is 15.6. The number of hydrogen-bond acceptors (Lipinski definition) is 6. The predicted octanol–water partition coefficient (Wildman–Crippen LogP) is 4.57. The van der Waals surface area contributed by atoms with Crippen LogP contribution in [0.5, 0.6) is 5.88 Å². The number of allylic oxidation sites excluding steroid dienone is 3. The highest BCUT2D eigenvalue weighted by Gasteiger charge is 2.58. The molecule has 4 aliphatic rings. The Morgan fingerprint density at radius 3 is 2.69 bits per heavy atom. The van der Waals surface area contributed by atoms with Crippen LogP contribution in [0.2, 0.25) is 0 Å². The van der Waals surface area contributed by atoms with Crippen LogP contribution in [0.4, 0.5) is 0 Å². The van der Waals surface area contributed by atoms with Crippen LogP contribution >= 0.6 is 0 Å². The Morgan fingerprint density at radius 1 is 1.19 bits per heavy atom. The monoisotopic (exact) mass is 432 g/mol. The molecule has 2 aromatic rings. The van der Waals surface area contributed by atoms with Gasteiger partial charge >= 0.3 is 0 Å². The van der Waals surface area contributed by atoms with Gasteiger partial charge in [0.25, 0.3) is 5.88 Å².